The molecule has 0 spiro atoms. The number of carbonyl (C=O) groups is 1. The molecular weight excluding hydrogens is 335 g/mol. The Morgan fingerprint density at radius 3 is 2.36 bits per heavy atom. The summed E-state index contributed by atoms with van der Waals surface area (Å²) in [5.41, 5.74) is 1.82. The largest absolute Gasteiger partial charge is 0.361 e. The van der Waals surface area contributed by atoms with Gasteiger partial charge in [0, 0.05) is 12.6 Å². The van der Waals surface area contributed by atoms with Crippen LogP contribution in [-0.2, 0) is 10.0 Å². The van der Waals surface area contributed by atoms with Gasteiger partial charge in [-0.1, -0.05) is 48.0 Å². The number of nitrogens with zero attached hydrogens (tertiary/aromatic N) is 1. The van der Waals surface area contributed by atoms with Crippen molar-refractivity contribution in [2.24, 2.45) is 0 Å². The van der Waals surface area contributed by atoms with Gasteiger partial charge in [-0.25, -0.2) is 8.42 Å². The molecule has 1 fully saturated rings. The maximum atomic E-state index is 13.1. The maximum Gasteiger partial charge on any atom is 0.243 e. The van der Waals surface area contributed by atoms with E-state index < -0.39 is 21.9 Å². The Morgan fingerprint density at radius 1 is 1.12 bits per heavy atom. The number of hydrogen-bond donors (Lipinski definition) is 1. The van der Waals surface area contributed by atoms with E-state index in [-0.39, 0.29) is 10.9 Å². The topological polar surface area (TPSA) is 66.5 Å². The first-order valence-corrected chi connectivity index (χ1v) is 9.53. The molecular formula is C18H19BN2O3S. The molecule has 0 aromatic heterocycles. The molecule has 1 heterocycles. The Balaban J connectivity index is 2.01. The van der Waals surface area contributed by atoms with Crippen LogP contribution in [0.3, 0.4) is 0 Å². The standard InChI is InChI=1S/C18H19BN2O3S/c1-13-7-9-15(10-8-13)25(23,24)21-12-11-16(20-18(19)22)17(21)14-5-3-2-4-6-14/h2-10,16-17H,11-12H2,1H3,(H,20,22). The monoisotopic (exact) mass is 354 g/mol. The van der Waals surface area contributed by atoms with Crippen LogP contribution in [0.5, 0.6) is 0 Å². The predicted octanol–water partition coefficient (Wildman–Crippen LogP) is 2.38. The van der Waals surface area contributed by atoms with Crippen molar-refractivity contribution in [3.05, 3.63) is 65.7 Å². The Hall–Kier alpha value is -2.12. The zero-order chi connectivity index (χ0) is 18.0. The van der Waals surface area contributed by atoms with Crippen LogP contribution in [0.2, 0.25) is 0 Å². The Bertz CT molecular complexity index is 854. The third-order valence-electron chi connectivity index (χ3n) is 4.45. The maximum absolute atomic E-state index is 13.1. The third kappa shape index (κ3) is 3.62. The Morgan fingerprint density at radius 2 is 1.76 bits per heavy atom. The summed E-state index contributed by atoms with van der Waals surface area (Å²) in [6.45, 7) is 2.23. The van der Waals surface area contributed by atoms with E-state index in [0.29, 0.717) is 13.0 Å². The van der Waals surface area contributed by atoms with E-state index >= 15 is 0 Å². The molecule has 0 bridgehead atoms. The molecule has 5 nitrogen and oxygen atoms in total. The molecule has 2 aromatic carbocycles. The smallest absolute Gasteiger partial charge is 0.243 e. The average Bonchev–Trinajstić information content (AvgIpc) is 2.99. The summed E-state index contributed by atoms with van der Waals surface area (Å²) in [6.07, 6.45) is 0.508. The first-order chi connectivity index (χ1) is 11.9. The van der Waals surface area contributed by atoms with Gasteiger partial charge in [0.15, 0.2) is 5.81 Å². The van der Waals surface area contributed by atoms with E-state index in [1.165, 1.54) is 4.31 Å². The van der Waals surface area contributed by atoms with Crippen LogP contribution in [0.25, 0.3) is 0 Å². The SMILES string of the molecule is [B]C(=O)NC1CCN(S(=O)(=O)c2ccc(C)cc2)C1c1ccccc1. The van der Waals surface area contributed by atoms with Gasteiger partial charge in [-0.15, -0.1) is 0 Å². The van der Waals surface area contributed by atoms with Gasteiger partial charge in [-0.05, 0) is 31.0 Å². The quantitative estimate of drug-likeness (QED) is 0.858. The number of sulfonamides is 1. The molecule has 0 saturated carbocycles. The highest BCUT2D eigenvalue weighted by molar-refractivity contribution is 7.89. The molecule has 1 aliphatic heterocycles. The van der Waals surface area contributed by atoms with E-state index in [2.05, 4.69) is 5.32 Å². The van der Waals surface area contributed by atoms with Crippen LogP contribution in [0, 0.1) is 6.92 Å². The van der Waals surface area contributed by atoms with Crippen molar-refractivity contribution in [1.82, 2.24) is 9.62 Å². The van der Waals surface area contributed by atoms with Gasteiger partial charge in [0.05, 0.1) is 10.9 Å². The lowest BCUT2D eigenvalue weighted by Gasteiger charge is -2.28. The molecule has 3 rings (SSSR count). The number of benzene rings is 2. The Labute approximate surface area is 149 Å². The van der Waals surface area contributed by atoms with Crippen LogP contribution < -0.4 is 5.32 Å². The van der Waals surface area contributed by atoms with Crippen molar-refractivity contribution in [2.75, 3.05) is 6.54 Å². The van der Waals surface area contributed by atoms with Crippen molar-refractivity contribution in [1.29, 1.82) is 0 Å². The van der Waals surface area contributed by atoms with E-state index in [1.54, 1.807) is 24.3 Å². The predicted molar refractivity (Wildman–Crippen MR) is 96.9 cm³/mol. The first kappa shape index (κ1) is 17.7. The van der Waals surface area contributed by atoms with Gasteiger partial charge in [0.25, 0.3) is 0 Å². The normalized spacial score (nSPS) is 21.2. The summed E-state index contributed by atoms with van der Waals surface area (Å²) in [7, 11) is 1.60. The highest BCUT2D eigenvalue weighted by atomic mass is 32.2. The molecule has 2 radical (unpaired) electrons. The summed E-state index contributed by atoms with van der Waals surface area (Å²) in [5.74, 6) is -0.652. The van der Waals surface area contributed by atoms with Crippen molar-refractivity contribution in [3.63, 3.8) is 0 Å². The molecule has 1 saturated heterocycles. The van der Waals surface area contributed by atoms with Crippen molar-refractivity contribution >= 4 is 23.7 Å². The lowest BCUT2D eigenvalue weighted by molar-refractivity contribution is 0.253. The Kier molecular flexibility index (Phi) is 4.97. The van der Waals surface area contributed by atoms with Crippen LogP contribution in [0.15, 0.2) is 59.5 Å². The molecule has 1 N–H and O–H groups in total. The number of rotatable bonds is 4. The van der Waals surface area contributed by atoms with E-state index in [0.717, 1.165) is 11.1 Å². The number of aryl methyl sites for hydroxylation is 1. The second-order valence-electron chi connectivity index (χ2n) is 6.19. The van der Waals surface area contributed by atoms with Crippen molar-refractivity contribution in [3.8, 4) is 0 Å². The van der Waals surface area contributed by atoms with Crippen LogP contribution >= 0.6 is 0 Å². The molecule has 2 unspecified atom stereocenters. The average molecular weight is 354 g/mol. The second-order valence-corrected chi connectivity index (χ2v) is 8.08. The van der Waals surface area contributed by atoms with E-state index in [9.17, 15) is 13.2 Å². The molecule has 1 aliphatic rings. The fourth-order valence-corrected chi connectivity index (χ4v) is 4.93. The fraction of sp³-hybridized carbons (Fsp3) is 0.278. The minimum atomic E-state index is -3.68. The number of amides is 1. The van der Waals surface area contributed by atoms with Crippen LogP contribution in [-0.4, -0.2) is 39.0 Å². The number of nitrogens with one attached hydrogen (secondary N) is 1. The summed E-state index contributed by atoms with van der Waals surface area (Å²) in [5, 5.41) is 2.69. The van der Waals surface area contributed by atoms with Gasteiger partial charge in [-0.2, -0.15) is 4.31 Å². The minimum Gasteiger partial charge on any atom is -0.361 e. The first-order valence-electron chi connectivity index (χ1n) is 8.09. The highest BCUT2D eigenvalue weighted by Crippen LogP contribution is 2.36. The molecule has 1 amide bonds. The van der Waals surface area contributed by atoms with Crippen LogP contribution in [0.4, 0.5) is 4.79 Å². The lowest BCUT2D eigenvalue weighted by Crippen LogP contribution is -2.40. The van der Waals surface area contributed by atoms with Gasteiger partial charge < -0.3 is 5.32 Å². The lowest BCUT2D eigenvalue weighted by atomic mass is 9.99. The molecule has 2 atom stereocenters. The van der Waals surface area contributed by atoms with Gasteiger partial charge >= 0.3 is 0 Å². The molecule has 7 heteroatoms. The molecule has 128 valence electrons. The summed E-state index contributed by atoms with van der Waals surface area (Å²) >= 11 is 0. The van der Waals surface area contributed by atoms with Crippen molar-refractivity contribution < 1.29 is 13.2 Å². The van der Waals surface area contributed by atoms with Gasteiger partial charge in [0.2, 0.25) is 17.9 Å². The summed E-state index contributed by atoms with van der Waals surface area (Å²) in [4.78, 5) is 11.6. The minimum absolute atomic E-state index is 0.249. The highest BCUT2D eigenvalue weighted by Gasteiger charge is 2.42. The van der Waals surface area contributed by atoms with E-state index in [4.69, 9.17) is 7.85 Å². The van der Waals surface area contributed by atoms with Gasteiger partial charge in [0.1, 0.15) is 0 Å². The molecule has 25 heavy (non-hydrogen) atoms. The zero-order valence-electron chi connectivity index (χ0n) is 13.9. The van der Waals surface area contributed by atoms with Crippen molar-refractivity contribution in [2.45, 2.75) is 30.3 Å². The summed E-state index contributed by atoms with van der Waals surface area (Å²) < 4.78 is 27.7. The molecule has 2 aromatic rings. The number of hydrogen-bond acceptors (Lipinski definition) is 3. The third-order valence-corrected chi connectivity index (χ3v) is 6.34. The second kappa shape index (κ2) is 7.02. The fourth-order valence-electron chi connectivity index (χ4n) is 3.26. The van der Waals surface area contributed by atoms with E-state index in [1.807, 2.05) is 37.3 Å². The number of carbonyl (C=O) groups excluding carboxylic acids is 1. The van der Waals surface area contributed by atoms with Gasteiger partial charge in [-0.3, -0.25) is 4.79 Å². The summed E-state index contributed by atoms with van der Waals surface area (Å²) in [6, 6.07) is 15.2. The van der Waals surface area contributed by atoms with Crippen LogP contribution in [0.1, 0.15) is 23.6 Å². The zero-order valence-corrected chi connectivity index (χ0v) is 14.7. The molecule has 0 aliphatic carbocycles.